The number of aryl methyl sites for hydroxylation is 1. The molecular weight excluding hydrogens is 335 g/mol. The van der Waals surface area contributed by atoms with Gasteiger partial charge in [-0.05, 0) is 55.3 Å². The number of para-hydroxylation sites is 1. The zero-order chi connectivity index (χ0) is 18.8. The molecule has 3 heteroatoms. The maximum Gasteiger partial charge on any atom is 0.123 e. The zero-order valence-corrected chi connectivity index (χ0v) is 15.5. The Balaban J connectivity index is 1.73. The van der Waals surface area contributed by atoms with Crippen LogP contribution in [0.5, 0.6) is 0 Å². The summed E-state index contributed by atoms with van der Waals surface area (Å²) in [7, 11) is 0. The number of rotatable bonds is 4. The smallest absolute Gasteiger partial charge is 0.123 e. The van der Waals surface area contributed by atoms with E-state index in [1.807, 2.05) is 19.1 Å². The monoisotopic (exact) mass is 356 g/mol. The van der Waals surface area contributed by atoms with Crippen molar-refractivity contribution in [3.63, 3.8) is 0 Å². The third-order valence-electron chi connectivity index (χ3n) is 4.76. The number of fused-ring (bicyclic) bond motifs is 1. The number of nitrogens with one attached hydrogen (secondary N) is 1. The normalized spacial score (nSPS) is 10.9. The van der Waals surface area contributed by atoms with Gasteiger partial charge in [0.25, 0.3) is 0 Å². The van der Waals surface area contributed by atoms with Gasteiger partial charge in [0.05, 0.1) is 11.2 Å². The van der Waals surface area contributed by atoms with Gasteiger partial charge in [0.15, 0.2) is 0 Å². The summed E-state index contributed by atoms with van der Waals surface area (Å²) in [6.45, 7) is 4.98. The highest BCUT2D eigenvalue weighted by Crippen LogP contribution is 2.30. The quantitative estimate of drug-likeness (QED) is 0.454. The van der Waals surface area contributed by atoms with E-state index >= 15 is 0 Å². The van der Waals surface area contributed by atoms with Crippen molar-refractivity contribution in [3.8, 4) is 22.4 Å². The highest BCUT2D eigenvalue weighted by molar-refractivity contribution is 5.85. The molecule has 2 nitrogen and oxygen atoms in total. The molecule has 1 aromatic heterocycles. The molecule has 0 aliphatic heterocycles. The summed E-state index contributed by atoms with van der Waals surface area (Å²) in [5.74, 6) is -0.233. The Morgan fingerprint density at radius 1 is 0.889 bits per heavy atom. The van der Waals surface area contributed by atoms with Crippen LogP contribution < -0.4 is 5.32 Å². The van der Waals surface area contributed by atoms with E-state index < -0.39 is 0 Å². The fourth-order valence-electron chi connectivity index (χ4n) is 3.41. The molecule has 4 rings (SSSR count). The van der Waals surface area contributed by atoms with E-state index in [4.69, 9.17) is 4.98 Å². The van der Waals surface area contributed by atoms with Crippen LogP contribution in [-0.2, 0) is 0 Å². The van der Waals surface area contributed by atoms with Crippen molar-refractivity contribution in [2.24, 2.45) is 0 Å². The van der Waals surface area contributed by atoms with Gasteiger partial charge in [0.1, 0.15) is 5.82 Å². The van der Waals surface area contributed by atoms with E-state index in [1.165, 1.54) is 11.6 Å². The Hall–Kier alpha value is -3.20. The lowest BCUT2D eigenvalue weighted by Crippen LogP contribution is -1.98. The summed E-state index contributed by atoms with van der Waals surface area (Å²) < 4.78 is 13.5. The number of hydrogen-bond donors (Lipinski definition) is 1. The first kappa shape index (κ1) is 17.2. The van der Waals surface area contributed by atoms with Crippen LogP contribution in [0.25, 0.3) is 33.3 Å². The van der Waals surface area contributed by atoms with Crippen LogP contribution in [0.4, 0.5) is 10.1 Å². The predicted octanol–water partition coefficient (Wildman–Crippen LogP) is 6.45. The van der Waals surface area contributed by atoms with Crippen molar-refractivity contribution in [1.29, 1.82) is 0 Å². The molecular formula is C24H21FN2. The minimum atomic E-state index is -0.233. The SMILES string of the molecule is CCNc1ccccc1-c1ccc(-c2cc(C)c3cc(F)ccc3n2)cc1. The number of nitrogens with zero attached hydrogens (tertiary/aromatic N) is 1. The minimum Gasteiger partial charge on any atom is -0.385 e. The molecule has 0 fully saturated rings. The second-order valence-electron chi connectivity index (χ2n) is 6.64. The van der Waals surface area contributed by atoms with Crippen molar-refractivity contribution < 1.29 is 4.39 Å². The van der Waals surface area contributed by atoms with Crippen LogP contribution in [0.2, 0.25) is 0 Å². The average molecular weight is 356 g/mol. The fraction of sp³-hybridized carbons (Fsp3) is 0.125. The van der Waals surface area contributed by atoms with Crippen molar-refractivity contribution in [2.45, 2.75) is 13.8 Å². The van der Waals surface area contributed by atoms with Gasteiger partial charge < -0.3 is 5.32 Å². The van der Waals surface area contributed by atoms with Crippen molar-refractivity contribution >= 4 is 16.6 Å². The van der Waals surface area contributed by atoms with E-state index in [2.05, 4.69) is 54.7 Å². The van der Waals surface area contributed by atoms with Crippen molar-refractivity contribution in [3.05, 3.63) is 84.2 Å². The number of anilines is 1. The molecule has 0 aliphatic rings. The van der Waals surface area contributed by atoms with Crippen molar-refractivity contribution in [1.82, 2.24) is 4.98 Å². The van der Waals surface area contributed by atoms with Crippen LogP contribution >= 0.6 is 0 Å². The Labute approximate surface area is 158 Å². The molecule has 0 spiro atoms. The van der Waals surface area contributed by atoms with Crippen LogP contribution in [0.3, 0.4) is 0 Å². The Bertz CT molecular complexity index is 1100. The molecule has 0 unspecified atom stereocenters. The number of benzene rings is 3. The predicted molar refractivity (Wildman–Crippen MR) is 111 cm³/mol. The van der Waals surface area contributed by atoms with Gasteiger partial charge >= 0.3 is 0 Å². The topological polar surface area (TPSA) is 24.9 Å². The summed E-state index contributed by atoms with van der Waals surface area (Å²) in [6.07, 6.45) is 0. The average Bonchev–Trinajstić information content (AvgIpc) is 2.69. The lowest BCUT2D eigenvalue weighted by Gasteiger charge is -2.12. The largest absolute Gasteiger partial charge is 0.385 e. The third-order valence-corrected chi connectivity index (χ3v) is 4.76. The molecule has 0 aliphatic carbocycles. The molecule has 0 saturated carbocycles. The van der Waals surface area contributed by atoms with Crippen LogP contribution in [-0.4, -0.2) is 11.5 Å². The number of hydrogen-bond acceptors (Lipinski definition) is 2. The maximum absolute atomic E-state index is 13.5. The van der Waals surface area contributed by atoms with E-state index in [1.54, 1.807) is 12.1 Å². The van der Waals surface area contributed by atoms with Gasteiger partial charge in [-0.1, -0.05) is 42.5 Å². The van der Waals surface area contributed by atoms with Crippen molar-refractivity contribution in [2.75, 3.05) is 11.9 Å². The molecule has 134 valence electrons. The standard InChI is InChI=1S/C24H21FN2/c1-3-26-22-7-5-4-6-20(22)17-8-10-18(11-9-17)24-14-16(2)21-15-19(25)12-13-23(21)27-24/h4-15,26H,3H2,1-2H3. The summed E-state index contributed by atoms with van der Waals surface area (Å²) in [6, 6.07) is 23.5. The summed E-state index contributed by atoms with van der Waals surface area (Å²) in [5, 5.41) is 4.27. The lowest BCUT2D eigenvalue weighted by molar-refractivity contribution is 0.629. The second-order valence-corrected chi connectivity index (χ2v) is 6.64. The zero-order valence-electron chi connectivity index (χ0n) is 15.5. The van der Waals surface area contributed by atoms with Crippen LogP contribution in [0.15, 0.2) is 72.8 Å². The highest BCUT2D eigenvalue weighted by Gasteiger charge is 2.08. The molecule has 1 N–H and O–H groups in total. The molecule has 1 heterocycles. The Kier molecular flexibility index (Phi) is 4.59. The Morgan fingerprint density at radius 2 is 1.63 bits per heavy atom. The molecule has 0 bridgehead atoms. The molecule has 0 amide bonds. The number of halogens is 1. The maximum atomic E-state index is 13.5. The van der Waals surface area contributed by atoms with Crippen LogP contribution in [0.1, 0.15) is 12.5 Å². The van der Waals surface area contributed by atoms with Gasteiger partial charge in [0, 0.05) is 28.7 Å². The first-order valence-electron chi connectivity index (χ1n) is 9.16. The second kappa shape index (κ2) is 7.20. The van der Waals surface area contributed by atoms with Crippen LogP contribution in [0, 0.1) is 12.7 Å². The summed E-state index contributed by atoms with van der Waals surface area (Å²) in [5.41, 5.74) is 7.27. The number of aromatic nitrogens is 1. The first-order chi connectivity index (χ1) is 13.2. The van der Waals surface area contributed by atoms with E-state index in [0.717, 1.165) is 45.5 Å². The van der Waals surface area contributed by atoms with E-state index in [0.29, 0.717) is 0 Å². The fourth-order valence-corrected chi connectivity index (χ4v) is 3.41. The molecule has 4 aromatic rings. The molecule has 0 radical (unpaired) electrons. The van der Waals surface area contributed by atoms with Gasteiger partial charge in [0.2, 0.25) is 0 Å². The molecule has 3 aromatic carbocycles. The summed E-state index contributed by atoms with van der Waals surface area (Å²) in [4.78, 5) is 4.72. The van der Waals surface area contributed by atoms with Gasteiger partial charge in [-0.2, -0.15) is 0 Å². The van der Waals surface area contributed by atoms with Gasteiger partial charge in [-0.15, -0.1) is 0 Å². The molecule has 27 heavy (non-hydrogen) atoms. The van der Waals surface area contributed by atoms with Gasteiger partial charge in [-0.25, -0.2) is 9.37 Å². The Morgan fingerprint density at radius 3 is 2.41 bits per heavy atom. The molecule has 0 atom stereocenters. The number of pyridine rings is 1. The van der Waals surface area contributed by atoms with Gasteiger partial charge in [-0.3, -0.25) is 0 Å². The minimum absolute atomic E-state index is 0.233. The van der Waals surface area contributed by atoms with E-state index in [-0.39, 0.29) is 5.82 Å². The summed E-state index contributed by atoms with van der Waals surface area (Å²) >= 11 is 0. The first-order valence-corrected chi connectivity index (χ1v) is 9.16. The highest BCUT2D eigenvalue weighted by atomic mass is 19.1. The van der Waals surface area contributed by atoms with E-state index in [9.17, 15) is 4.39 Å². The third kappa shape index (κ3) is 3.41. The lowest BCUT2D eigenvalue weighted by atomic mass is 10.00. The molecule has 0 saturated heterocycles.